The van der Waals surface area contributed by atoms with Gasteiger partial charge in [-0.25, -0.2) is 4.79 Å². The Morgan fingerprint density at radius 1 is 1.05 bits per heavy atom. The zero-order valence-corrected chi connectivity index (χ0v) is 11.5. The molecule has 6 heteroatoms. The lowest BCUT2D eigenvalue weighted by Crippen LogP contribution is -2.41. The molecule has 3 rings (SSSR count). The van der Waals surface area contributed by atoms with E-state index in [2.05, 4.69) is 5.32 Å². The van der Waals surface area contributed by atoms with Crippen LogP contribution < -0.4 is 5.32 Å². The molecule has 2 unspecified atom stereocenters. The van der Waals surface area contributed by atoms with Crippen LogP contribution in [0.5, 0.6) is 0 Å². The molecule has 19 heavy (non-hydrogen) atoms. The van der Waals surface area contributed by atoms with Crippen molar-refractivity contribution < 1.29 is 9.59 Å². The molecule has 2 saturated heterocycles. The van der Waals surface area contributed by atoms with E-state index in [4.69, 9.17) is 23.2 Å². The summed E-state index contributed by atoms with van der Waals surface area (Å²) in [5, 5.41) is 3.44. The largest absolute Gasteiger partial charge is 0.325 e. The average molecular weight is 299 g/mol. The van der Waals surface area contributed by atoms with Gasteiger partial charge in [-0.05, 0) is 43.0 Å². The number of benzene rings is 1. The number of nitrogens with zero attached hydrogens (tertiary/aromatic N) is 1. The average Bonchev–Trinajstić information content (AvgIpc) is 2.64. The van der Waals surface area contributed by atoms with Crippen molar-refractivity contribution in [1.29, 1.82) is 0 Å². The van der Waals surface area contributed by atoms with E-state index in [-0.39, 0.29) is 24.0 Å². The van der Waals surface area contributed by atoms with Gasteiger partial charge < -0.3 is 4.90 Å². The Hall–Kier alpha value is -1.26. The molecule has 2 atom stereocenters. The second kappa shape index (κ2) is 4.69. The van der Waals surface area contributed by atoms with E-state index >= 15 is 0 Å². The molecule has 0 aromatic heterocycles. The van der Waals surface area contributed by atoms with E-state index in [1.54, 1.807) is 23.1 Å². The third kappa shape index (κ3) is 2.19. The van der Waals surface area contributed by atoms with Gasteiger partial charge in [-0.2, -0.15) is 0 Å². The number of nitrogens with one attached hydrogen (secondary N) is 1. The molecule has 1 aromatic carbocycles. The third-order valence-electron chi connectivity index (χ3n) is 3.66. The summed E-state index contributed by atoms with van der Waals surface area (Å²) in [7, 11) is 0. The molecular formula is C13H12Cl2N2O2. The van der Waals surface area contributed by atoms with Gasteiger partial charge >= 0.3 is 6.03 Å². The van der Waals surface area contributed by atoms with Gasteiger partial charge in [-0.3, -0.25) is 10.1 Å². The van der Waals surface area contributed by atoms with Gasteiger partial charge in [-0.1, -0.05) is 23.2 Å². The number of carbonyl (C=O) groups is 2. The minimum atomic E-state index is -0.357. The van der Waals surface area contributed by atoms with Gasteiger partial charge in [0.25, 0.3) is 5.91 Å². The molecule has 2 fully saturated rings. The normalized spacial score (nSPS) is 26.3. The second-order valence-electron chi connectivity index (χ2n) is 4.87. The first kappa shape index (κ1) is 12.8. The van der Waals surface area contributed by atoms with Gasteiger partial charge in [0.15, 0.2) is 0 Å². The number of piperidine rings is 1. The molecule has 0 spiro atoms. The summed E-state index contributed by atoms with van der Waals surface area (Å²) in [5.41, 5.74) is 0.882. The minimum Gasteiger partial charge on any atom is -0.305 e. The van der Waals surface area contributed by atoms with Gasteiger partial charge in [0, 0.05) is 10.0 Å². The van der Waals surface area contributed by atoms with Crippen LogP contribution in [0.15, 0.2) is 18.2 Å². The second-order valence-corrected chi connectivity index (χ2v) is 5.74. The van der Waals surface area contributed by atoms with E-state index in [0.29, 0.717) is 16.5 Å². The lowest BCUT2D eigenvalue weighted by molar-refractivity contribution is -0.122. The molecule has 0 saturated carbocycles. The van der Waals surface area contributed by atoms with E-state index in [1.165, 1.54) is 0 Å². The molecular weight excluding hydrogens is 287 g/mol. The third-order valence-corrected chi connectivity index (χ3v) is 4.10. The maximum absolute atomic E-state index is 11.9. The molecule has 2 heterocycles. The van der Waals surface area contributed by atoms with Crippen molar-refractivity contribution in [2.45, 2.75) is 31.3 Å². The Balaban J connectivity index is 1.99. The van der Waals surface area contributed by atoms with Crippen molar-refractivity contribution in [3.05, 3.63) is 33.8 Å². The number of amides is 3. The molecule has 1 N–H and O–H groups in total. The first-order chi connectivity index (χ1) is 9.06. The number of halogens is 2. The van der Waals surface area contributed by atoms with Crippen molar-refractivity contribution in [3.63, 3.8) is 0 Å². The Labute approximate surface area is 120 Å². The number of hydrogen-bond acceptors (Lipinski definition) is 2. The summed E-state index contributed by atoms with van der Waals surface area (Å²) < 4.78 is 0. The van der Waals surface area contributed by atoms with Crippen LogP contribution in [0.3, 0.4) is 0 Å². The van der Waals surface area contributed by atoms with Gasteiger partial charge in [0.2, 0.25) is 0 Å². The molecule has 2 aliphatic heterocycles. The maximum Gasteiger partial charge on any atom is 0.325 e. The number of fused-ring (bicyclic) bond motifs is 1. The van der Waals surface area contributed by atoms with E-state index in [0.717, 1.165) is 18.4 Å². The number of rotatable bonds is 1. The fourth-order valence-electron chi connectivity index (χ4n) is 2.89. The van der Waals surface area contributed by atoms with Crippen LogP contribution in [0.1, 0.15) is 30.9 Å². The predicted octanol–water partition coefficient (Wildman–Crippen LogP) is 3.14. The van der Waals surface area contributed by atoms with Crippen molar-refractivity contribution >= 4 is 35.1 Å². The van der Waals surface area contributed by atoms with Crippen LogP contribution in [0.25, 0.3) is 0 Å². The molecule has 0 bridgehead atoms. The van der Waals surface area contributed by atoms with E-state index in [9.17, 15) is 9.59 Å². The number of imide groups is 1. The van der Waals surface area contributed by atoms with Crippen molar-refractivity contribution in [3.8, 4) is 0 Å². The standard InChI is InChI=1S/C13H12Cl2N2O2/c14-8-4-7(5-9(15)6-8)10-2-1-3-11-12(18)16-13(19)17(10)11/h4-6,10-11H,1-3H2,(H,16,18,19). The van der Waals surface area contributed by atoms with Gasteiger partial charge in [-0.15, -0.1) is 0 Å². The summed E-state index contributed by atoms with van der Waals surface area (Å²) in [6, 6.07) is 4.44. The van der Waals surface area contributed by atoms with Crippen molar-refractivity contribution in [2.24, 2.45) is 0 Å². The zero-order chi connectivity index (χ0) is 13.6. The Kier molecular flexibility index (Phi) is 3.15. The summed E-state index contributed by atoms with van der Waals surface area (Å²) in [6.07, 6.45) is 2.42. The SMILES string of the molecule is O=C1NC(=O)N2C1CCCC2c1cc(Cl)cc(Cl)c1. The number of carbonyl (C=O) groups excluding carboxylic acids is 2. The van der Waals surface area contributed by atoms with Gasteiger partial charge in [0.05, 0.1) is 6.04 Å². The highest BCUT2D eigenvalue weighted by atomic mass is 35.5. The Bertz CT molecular complexity index is 541. The van der Waals surface area contributed by atoms with E-state index in [1.807, 2.05) is 0 Å². The van der Waals surface area contributed by atoms with Crippen LogP contribution >= 0.6 is 23.2 Å². The lowest BCUT2D eigenvalue weighted by atomic mass is 9.92. The number of hydrogen-bond donors (Lipinski definition) is 1. The first-order valence-corrected chi connectivity index (χ1v) is 6.91. The van der Waals surface area contributed by atoms with Crippen LogP contribution in [0, 0.1) is 0 Å². The summed E-state index contributed by atoms with van der Waals surface area (Å²) in [5.74, 6) is -0.206. The highest BCUT2D eigenvalue weighted by Gasteiger charge is 2.44. The Morgan fingerprint density at radius 3 is 2.37 bits per heavy atom. The molecule has 0 radical (unpaired) electrons. The van der Waals surface area contributed by atoms with E-state index < -0.39 is 0 Å². The maximum atomic E-state index is 11.9. The fourth-order valence-corrected chi connectivity index (χ4v) is 3.43. The molecule has 0 aliphatic carbocycles. The quantitative estimate of drug-likeness (QED) is 0.810. The van der Waals surface area contributed by atoms with Gasteiger partial charge in [0.1, 0.15) is 6.04 Å². The highest BCUT2D eigenvalue weighted by Crippen LogP contribution is 2.38. The van der Waals surface area contributed by atoms with Crippen LogP contribution in [0.2, 0.25) is 10.0 Å². The predicted molar refractivity (Wildman–Crippen MR) is 72.2 cm³/mol. The highest BCUT2D eigenvalue weighted by molar-refractivity contribution is 6.34. The molecule has 2 aliphatic rings. The topological polar surface area (TPSA) is 49.4 Å². The molecule has 3 amide bonds. The molecule has 4 nitrogen and oxygen atoms in total. The van der Waals surface area contributed by atoms with Crippen molar-refractivity contribution in [2.75, 3.05) is 0 Å². The van der Waals surface area contributed by atoms with Crippen LogP contribution in [-0.4, -0.2) is 22.9 Å². The minimum absolute atomic E-state index is 0.138. The smallest absolute Gasteiger partial charge is 0.305 e. The summed E-state index contributed by atoms with van der Waals surface area (Å²) in [6.45, 7) is 0. The molecule has 1 aromatic rings. The zero-order valence-electron chi connectivity index (χ0n) is 10.0. The van der Waals surface area contributed by atoms with Crippen LogP contribution in [0.4, 0.5) is 4.79 Å². The fraction of sp³-hybridized carbons (Fsp3) is 0.385. The summed E-state index contributed by atoms with van der Waals surface area (Å²) >= 11 is 12.0. The lowest BCUT2D eigenvalue weighted by Gasteiger charge is -2.35. The number of urea groups is 1. The monoisotopic (exact) mass is 298 g/mol. The first-order valence-electron chi connectivity index (χ1n) is 6.15. The Morgan fingerprint density at radius 2 is 1.68 bits per heavy atom. The molecule has 100 valence electrons. The van der Waals surface area contributed by atoms with Crippen LogP contribution in [-0.2, 0) is 4.79 Å². The summed E-state index contributed by atoms with van der Waals surface area (Å²) in [4.78, 5) is 25.2. The van der Waals surface area contributed by atoms with Crippen molar-refractivity contribution in [1.82, 2.24) is 10.2 Å².